The maximum atomic E-state index is 12.5. The molecule has 0 radical (unpaired) electrons. The molecule has 0 spiro atoms. The fraction of sp³-hybridized carbons (Fsp3) is 0.0556. The van der Waals surface area contributed by atoms with Crippen LogP contribution in [-0.4, -0.2) is 20.8 Å². The molecule has 0 atom stereocenters. The average molecular weight is 336 g/mol. The van der Waals surface area contributed by atoms with Gasteiger partial charge < -0.3 is 14.8 Å². The first kappa shape index (κ1) is 14.9. The molecule has 1 aliphatic heterocycles. The van der Waals surface area contributed by atoms with E-state index in [9.17, 15) is 20.0 Å². The van der Waals surface area contributed by atoms with Crippen LogP contribution in [0, 0.1) is 17.0 Å². The zero-order chi connectivity index (χ0) is 17.7. The quantitative estimate of drug-likeness (QED) is 0.421. The zero-order valence-electron chi connectivity index (χ0n) is 13.1. The Morgan fingerprint density at radius 3 is 2.80 bits per heavy atom. The molecule has 2 heterocycles. The standard InChI is InChI=1S/C18H12N2O5/c1-9-13(14-6-10(20(23)24)2-5-15(14)19-9)8-17-18(22)12-4-3-11(21)7-16(12)25-17/h2-8,19,21H,1H3. The molecule has 124 valence electrons. The number of ketones is 1. The molecule has 0 fully saturated rings. The molecule has 2 N–H and O–H groups in total. The number of nitrogens with one attached hydrogen (secondary N) is 1. The number of rotatable bonds is 2. The molecule has 0 aliphatic carbocycles. The molecular weight excluding hydrogens is 324 g/mol. The maximum Gasteiger partial charge on any atom is 0.270 e. The van der Waals surface area contributed by atoms with Gasteiger partial charge in [-0.15, -0.1) is 0 Å². The normalized spacial score (nSPS) is 14.8. The highest BCUT2D eigenvalue weighted by molar-refractivity contribution is 6.15. The molecule has 0 saturated carbocycles. The number of nitro groups is 1. The SMILES string of the molecule is Cc1[nH]c2ccc([N+](=O)[O-])cc2c1C=C1Oc2cc(O)ccc2C1=O. The van der Waals surface area contributed by atoms with Gasteiger partial charge in [-0.25, -0.2) is 0 Å². The lowest BCUT2D eigenvalue weighted by atomic mass is 10.1. The number of phenolic OH excluding ortho intramolecular Hbond substituents is 1. The molecule has 7 nitrogen and oxygen atoms in total. The van der Waals surface area contributed by atoms with Gasteiger partial charge in [-0.05, 0) is 31.2 Å². The number of aryl methyl sites for hydroxylation is 1. The van der Waals surface area contributed by atoms with Gasteiger partial charge >= 0.3 is 0 Å². The van der Waals surface area contributed by atoms with E-state index in [1.54, 1.807) is 12.1 Å². The fourth-order valence-electron chi connectivity index (χ4n) is 2.94. The number of benzene rings is 2. The lowest BCUT2D eigenvalue weighted by Crippen LogP contribution is -1.98. The van der Waals surface area contributed by atoms with Gasteiger partial charge in [-0.3, -0.25) is 14.9 Å². The smallest absolute Gasteiger partial charge is 0.270 e. The van der Waals surface area contributed by atoms with Gasteiger partial charge in [0.15, 0.2) is 5.76 Å². The number of aromatic hydroxyl groups is 1. The Bertz CT molecular complexity index is 1090. The van der Waals surface area contributed by atoms with Crippen molar-refractivity contribution in [2.75, 3.05) is 0 Å². The van der Waals surface area contributed by atoms with Crippen LogP contribution >= 0.6 is 0 Å². The van der Waals surface area contributed by atoms with Crippen molar-refractivity contribution < 1.29 is 19.6 Å². The molecule has 0 bridgehead atoms. The first-order chi connectivity index (χ1) is 11.9. The van der Waals surface area contributed by atoms with E-state index in [0.717, 1.165) is 11.2 Å². The van der Waals surface area contributed by atoms with Crippen LogP contribution in [0.15, 0.2) is 42.2 Å². The summed E-state index contributed by atoms with van der Waals surface area (Å²) < 4.78 is 5.56. The van der Waals surface area contributed by atoms with E-state index in [0.29, 0.717) is 22.3 Å². The fourth-order valence-corrected chi connectivity index (χ4v) is 2.94. The second-order valence-corrected chi connectivity index (χ2v) is 5.77. The van der Waals surface area contributed by atoms with Crippen molar-refractivity contribution in [1.82, 2.24) is 4.98 Å². The third-order valence-corrected chi connectivity index (χ3v) is 4.16. The molecule has 0 amide bonds. The zero-order valence-corrected chi connectivity index (χ0v) is 13.1. The minimum Gasteiger partial charge on any atom is -0.508 e. The largest absolute Gasteiger partial charge is 0.508 e. The van der Waals surface area contributed by atoms with Crippen molar-refractivity contribution in [3.05, 3.63) is 69.1 Å². The number of H-pyrrole nitrogens is 1. The predicted molar refractivity (Wildman–Crippen MR) is 90.7 cm³/mol. The van der Waals surface area contributed by atoms with Crippen LogP contribution in [0.5, 0.6) is 11.5 Å². The van der Waals surface area contributed by atoms with E-state index >= 15 is 0 Å². The summed E-state index contributed by atoms with van der Waals surface area (Å²) in [7, 11) is 0. The maximum absolute atomic E-state index is 12.5. The number of Topliss-reactive ketones (excluding diaryl/α,β-unsaturated/α-hetero) is 1. The Balaban J connectivity index is 1.84. The van der Waals surface area contributed by atoms with Crippen LogP contribution in [0.3, 0.4) is 0 Å². The Morgan fingerprint density at radius 2 is 2.04 bits per heavy atom. The molecule has 0 unspecified atom stereocenters. The molecule has 1 aliphatic rings. The van der Waals surface area contributed by atoms with Crippen molar-refractivity contribution in [2.24, 2.45) is 0 Å². The summed E-state index contributed by atoms with van der Waals surface area (Å²) in [6.45, 7) is 1.82. The summed E-state index contributed by atoms with van der Waals surface area (Å²) >= 11 is 0. The summed E-state index contributed by atoms with van der Waals surface area (Å²) in [5.41, 5.74) is 2.48. The molecular formula is C18H12N2O5. The summed E-state index contributed by atoms with van der Waals surface area (Å²) in [6.07, 6.45) is 1.57. The number of ether oxygens (including phenoxy) is 1. The van der Waals surface area contributed by atoms with Crippen LogP contribution in [0.2, 0.25) is 0 Å². The van der Waals surface area contributed by atoms with E-state index in [4.69, 9.17) is 4.74 Å². The van der Waals surface area contributed by atoms with E-state index in [2.05, 4.69) is 4.98 Å². The number of carbonyl (C=O) groups is 1. The molecule has 3 aromatic rings. The van der Waals surface area contributed by atoms with E-state index < -0.39 is 4.92 Å². The van der Waals surface area contributed by atoms with E-state index in [-0.39, 0.29) is 23.0 Å². The van der Waals surface area contributed by atoms with Gasteiger partial charge in [-0.2, -0.15) is 0 Å². The lowest BCUT2D eigenvalue weighted by Gasteiger charge is -1.99. The van der Waals surface area contributed by atoms with Crippen molar-refractivity contribution in [2.45, 2.75) is 6.92 Å². The molecule has 4 rings (SSSR count). The Hall–Kier alpha value is -3.61. The van der Waals surface area contributed by atoms with Gasteiger partial charge in [0.2, 0.25) is 5.78 Å². The summed E-state index contributed by atoms with van der Waals surface area (Å²) in [5.74, 6) is 0.108. The summed E-state index contributed by atoms with van der Waals surface area (Å²) in [6, 6.07) is 8.81. The van der Waals surface area contributed by atoms with Crippen LogP contribution in [0.25, 0.3) is 17.0 Å². The highest BCUT2D eigenvalue weighted by Gasteiger charge is 2.28. The van der Waals surface area contributed by atoms with Crippen LogP contribution < -0.4 is 4.74 Å². The highest BCUT2D eigenvalue weighted by Crippen LogP contribution is 2.36. The number of phenols is 1. The number of aromatic amines is 1. The minimum atomic E-state index is -0.464. The number of hydrogen-bond donors (Lipinski definition) is 2. The number of carbonyl (C=O) groups excluding carboxylic acids is 1. The van der Waals surface area contributed by atoms with Crippen molar-refractivity contribution in [3.63, 3.8) is 0 Å². The number of non-ortho nitro benzene ring substituents is 1. The number of nitrogens with zero attached hydrogens (tertiary/aromatic N) is 1. The third kappa shape index (κ3) is 2.33. The number of fused-ring (bicyclic) bond motifs is 2. The highest BCUT2D eigenvalue weighted by atomic mass is 16.6. The van der Waals surface area contributed by atoms with Gasteiger partial charge in [0.05, 0.1) is 10.5 Å². The summed E-state index contributed by atoms with van der Waals surface area (Å²) in [4.78, 5) is 26.2. The molecule has 1 aromatic heterocycles. The number of aromatic nitrogens is 1. The van der Waals surface area contributed by atoms with Crippen molar-refractivity contribution >= 4 is 28.4 Å². The van der Waals surface area contributed by atoms with Gasteiger partial charge in [0, 0.05) is 40.4 Å². The van der Waals surface area contributed by atoms with Crippen molar-refractivity contribution in [3.8, 4) is 11.5 Å². The Morgan fingerprint density at radius 1 is 1.24 bits per heavy atom. The van der Waals surface area contributed by atoms with Crippen LogP contribution in [-0.2, 0) is 0 Å². The lowest BCUT2D eigenvalue weighted by molar-refractivity contribution is -0.384. The summed E-state index contributed by atoms with van der Waals surface area (Å²) in [5, 5.41) is 21.2. The average Bonchev–Trinajstić information content (AvgIpc) is 3.04. The van der Waals surface area contributed by atoms with E-state index in [1.807, 2.05) is 6.92 Å². The first-order valence-corrected chi connectivity index (χ1v) is 7.48. The Kier molecular flexibility index (Phi) is 3.11. The van der Waals surface area contributed by atoms with Crippen LogP contribution in [0.4, 0.5) is 5.69 Å². The van der Waals surface area contributed by atoms with Gasteiger partial charge in [0.1, 0.15) is 11.5 Å². The van der Waals surface area contributed by atoms with E-state index in [1.165, 1.54) is 30.3 Å². The van der Waals surface area contributed by atoms with Crippen molar-refractivity contribution in [1.29, 1.82) is 0 Å². The molecule has 2 aromatic carbocycles. The molecule has 25 heavy (non-hydrogen) atoms. The van der Waals surface area contributed by atoms with Crippen LogP contribution in [0.1, 0.15) is 21.6 Å². The third-order valence-electron chi connectivity index (χ3n) is 4.16. The minimum absolute atomic E-state index is 0.00620. The second kappa shape index (κ2) is 5.20. The van der Waals surface area contributed by atoms with Gasteiger partial charge in [-0.1, -0.05) is 0 Å². The number of hydrogen-bond acceptors (Lipinski definition) is 5. The second-order valence-electron chi connectivity index (χ2n) is 5.77. The predicted octanol–water partition coefficient (Wildman–Crippen LogP) is 3.71. The topological polar surface area (TPSA) is 105 Å². The Labute approximate surface area is 141 Å². The molecule has 0 saturated heterocycles. The number of allylic oxidation sites excluding steroid dienone is 1. The first-order valence-electron chi connectivity index (χ1n) is 7.48. The monoisotopic (exact) mass is 336 g/mol. The number of nitro benzene ring substituents is 1. The molecule has 7 heteroatoms. The van der Waals surface area contributed by atoms with Gasteiger partial charge in [0.25, 0.3) is 5.69 Å².